The predicted octanol–water partition coefficient (Wildman–Crippen LogP) is 4.04. The molecule has 2 aromatic rings. The molecular formula is C17H20FNO. The lowest BCUT2D eigenvalue weighted by atomic mass is 10.1. The largest absolute Gasteiger partial charge is 0.489 e. The summed E-state index contributed by atoms with van der Waals surface area (Å²) in [6, 6.07) is 10.7. The van der Waals surface area contributed by atoms with E-state index in [1.54, 1.807) is 19.1 Å². The average Bonchev–Trinajstić information content (AvgIpc) is 2.39. The van der Waals surface area contributed by atoms with Gasteiger partial charge in [-0.2, -0.15) is 0 Å². The van der Waals surface area contributed by atoms with Crippen molar-refractivity contribution < 1.29 is 9.13 Å². The van der Waals surface area contributed by atoms with E-state index in [1.165, 1.54) is 17.2 Å². The van der Waals surface area contributed by atoms with Crippen molar-refractivity contribution in [1.82, 2.24) is 0 Å². The Labute approximate surface area is 119 Å². The van der Waals surface area contributed by atoms with Crippen LogP contribution in [0.5, 0.6) is 5.75 Å². The second-order valence-electron chi connectivity index (χ2n) is 5.19. The molecule has 1 atom stereocenters. The molecule has 0 aliphatic heterocycles. The van der Waals surface area contributed by atoms with Crippen molar-refractivity contribution in [2.24, 2.45) is 5.73 Å². The summed E-state index contributed by atoms with van der Waals surface area (Å²) < 4.78 is 19.5. The molecule has 0 fully saturated rings. The van der Waals surface area contributed by atoms with E-state index < -0.39 is 0 Å². The van der Waals surface area contributed by atoms with Gasteiger partial charge >= 0.3 is 0 Å². The van der Waals surface area contributed by atoms with Crippen LogP contribution < -0.4 is 10.5 Å². The van der Waals surface area contributed by atoms with E-state index in [0.717, 1.165) is 5.56 Å². The minimum atomic E-state index is -0.321. The van der Waals surface area contributed by atoms with Gasteiger partial charge in [0.05, 0.1) is 0 Å². The zero-order valence-corrected chi connectivity index (χ0v) is 12.1. The molecule has 2 nitrogen and oxygen atoms in total. The molecule has 3 heteroatoms. The third-order valence-electron chi connectivity index (χ3n) is 3.36. The van der Waals surface area contributed by atoms with Crippen LogP contribution in [0.25, 0.3) is 0 Å². The molecular weight excluding hydrogens is 253 g/mol. The fourth-order valence-electron chi connectivity index (χ4n) is 2.08. The van der Waals surface area contributed by atoms with Gasteiger partial charge in [-0.25, -0.2) is 4.39 Å². The minimum Gasteiger partial charge on any atom is -0.489 e. The van der Waals surface area contributed by atoms with E-state index >= 15 is 0 Å². The van der Waals surface area contributed by atoms with Gasteiger partial charge in [0.2, 0.25) is 0 Å². The topological polar surface area (TPSA) is 35.2 Å². The Bertz CT molecular complexity index is 608. The quantitative estimate of drug-likeness (QED) is 0.912. The van der Waals surface area contributed by atoms with Crippen molar-refractivity contribution in [2.75, 3.05) is 0 Å². The van der Waals surface area contributed by atoms with Crippen LogP contribution in [-0.2, 0) is 6.61 Å². The number of hydrogen-bond donors (Lipinski definition) is 1. The van der Waals surface area contributed by atoms with Crippen molar-refractivity contribution in [3.05, 3.63) is 64.5 Å². The van der Waals surface area contributed by atoms with Crippen LogP contribution in [0.2, 0.25) is 0 Å². The third kappa shape index (κ3) is 3.36. The fourth-order valence-corrected chi connectivity index (χ4v) is 2.08. The second-order valence-corrected chi connectivity index (χ2v) is 5.19. The molecule has 0 saturated heterocycles. The van der Waals surface area contributed by atoms with Gasteiger partial charge in [-0.15, -0.1) is 0 Å². The predicted molar refractivity (Wildman–Crippen MR) is 79.3 cm³/mol. The summed E-state index contributed by atoms with van der Waals surface area (Å²) in [5.74, 6) is 0.200. The van der Waals surface area contributed by atoms with Gasteiger partial charge in [0.1, 0.15) is 18.2 Å². The van der Waals surface area contributed by atoms with Crippen molar-refractivity contribution in [1.29, 1.82) is 0 Å². The van der Waals surface area contributed by atoms with E-state index in [0.29, 0.717) is 17.9 Å². The molecule has 2 N–H and O–H groups in total. The maximum absolute atomic E-state index is 13.8. The van der Waals surface area contributed by atoms with Crippen LogP contribution in [0.4, 0.5) is 4.39 Å². The number of nitrogens with two attached hydrogens (primary N) is 1. The van der Waals surface area contributed by atoms with E-state index in [-0.39, 0.29) is 11.9 Å². The monoisotopic (exact) mass is 273 g/mol. The van der Waals surface area contributed by atoms with Crippen LogP contribution in [0.15, 0.2) is 36.4 Å². The Morgan fingerprint density at radius 1 is 1.15 bits per heavy atom. The number of halogens is 1. The Morgan fingerprint density at radius 2 is 1.90 bits per heavy atom. The second kappa shape index (κ2) is 6.06. The van der Waals surface area contributed by atoms with Crippen LogP contribution in [0.3, 0.4) is 0 Å². The van der Waals surface area contributed by atoms with Gasteiger partial charge in [0.15, 0.2) is 0 Å². The summed E-state index contributed by atoms with van der Waals surface area (Å²) >= 11 is 0. The summed E-state index contributed by atoms with van der Waals surface area (Å²) in [5, 5.41) is 0. The van der Waals surface area contributed by atoms with Gasteiger partial charge in [-0.05, 0) is 38.0 Å². The van der Waals surface area contributed by atoms with Gasteiger partial charge in [-0.3, -0.25) is 0 Å². The van der Waals surface area contributed by atoms with Crippen molar-refractivity contribution in [3.63, 3.8) is 0 Å². The first-order chi connectivity index (χ1) is 9.47. The Morgan fingerprint density at radius 3 is 2.55 bits per heavy atom. The summed E-state index contributed by atoms with van der Waals surface area (Å²) in [7, 11) is 0. The molecule has 0 heterocycles. The number of rotatable bonds is 4. The maximum atomic E-state index is 13.8. The highest BCUT2D eigenvalue weighted by Gasteiger charge is 2.08. The molecule has 0 saturated carbocycles. The molecule has 20 heavy (non-hydrogen) atoms. The van der Waals surface area contributed by atoms with E-state index in [9.17, 15) is 4.39 Å². The number of hydrogen-bond acceptors (Lipinski definition) is 2. The van der Waals surface area contributed by atoms with Crippen molar-refractivity contribution in [3.8, 4) is 5.75 Å². The van der Waals surface area contributed by atoms with Crippen LogP contribution >= 0.6 is 0 Å². The minimum absolute atomic E-state index is 0.317. The molecule has 0 amide bonds. The number of aryl methyl sites for hydroxylation is 2. The fraction of sp³-hybridized carbons (Fsp3) is 0.294. The molecule has 0 aliphatic carbocycles. The van der Waals surface area contributed by atoms with Gasteiger partial charge < -0.3 is 10.5 Å². The molecule has 2 rings (SSSR count). The lowest BCUT2D eigenvalue weighted by Crippen LogP contribution is -2.07. The summed E-state index contributed by atoms with van der Waals surface area (Å²) in [5.41, 5.74) is 9.66. The zero-order chi connectivity index (χ0) is 14.7. The van der Waals surface area contributed by atoms with Crippen LogP contribution in [0, 0.1) is 19.7 Å². The highest BCUT2D eigenvalue weighted by Crippen LogP contribution is 2.22. The zero-order valence-electron chi connectivity index (χ0n) is 12.1. The Hall–Kier alpha value is -1.87. The summed E-state index contributed by atoms with van der Waals surface area (Å²) in [4.78, 5) is 0. The SMILES string of the molecule is Cc1ccc(C)c(COc2ccc([C@@H](C)N)c(F)c2)c1. The third-order valence-corrected chi connectivity index (χ3v) is 3.36. The number of ether oxygens (including phenoxy) is 1. The lowest BCUT2D eigenvalue weighted by Gasteiger charge is -2.12. The molecule has 0 spiro atoms. The first-order valence-electron chi connectivity index (χ1n) is 6.71. The first kappa shape index (κ1) is 14.5. The highest BCUT2D eigenvalue weighted by atomic mass is 19.1. The van der Waals surface area contributed by atoms with Crippen LogP contribution in [-0.4, -0.2) is 0 Å². The Kier molecular flexibility index (Phi) is 4.40. The van der Waals surface area contributed by atoms with Gasteiger partial charge in [0, 0.05) is 17.7 Å². The lowest BCUT2D eigenvalue weighted by molar-refractivity contribution is 0.303. The summed E-state index contributed by atoms with van der Waals surface area (Å²) in [6.07, 6.45) is 0. The van der Waals surface area contributed by atoms with Gasteiger partial charge in [0.25, 0.3) is 0 Å². The molecule has 0 bridgehead atoms. The van der Waals surface area contributed by atoms with Gasteiger partial charge in [-0.1, -0.05) is 29.8 Å². The maximum Gasteiger partial charge on any atom is 0.131 e. The molecule has 2 aromatic carbocycles. The first-order valence-corrected chi connectivity index (χ1v) is 6.71. The van der Waals surface area contributed by atoms with E-state index in [2.05, 4.69) is 18.2 Å². The van der Waals surface area contributed by atoms with Crippen molar-refractivity contribution >= 4 is 0 Å². The summed E-state index contributed by atoms with van der Waals surface area (Å²) in [6.45, 7) is 6.28. The van der Waals surface area contributed by atoms with E-state index in [4.69, 9.17) is 10.5 Å². The molecule has 0 radical (unpaired) electrons. The standard InChI is InChI=1S/C17H20FNO/c1-11-4-5-12(2)14(8-11)10-20-15-6-7-16(13(3)19)17(18)9-15/h4-9,13H,10,19H2,1-3H3/t13-/m1/s1. The highest BCUT2D eigenvalue weighted by molar-refractivity contribution is 5.33. The molecule has 0 aromatic heterocycles. The number of benzene rings is 2. The smallest absolute Gasteiger partial charge is 0.131 e. The molecule has 0 unspecified atom stereocenters. The van der Waals surface area contributed by atoms with Crippen LogP contribution in [0.1, 0.15) is 35.2 Å². The molecule has 0 aliphatic rings. The average molecular weight is 273 g/mol. The Balaban J connectivity index is 2.11. The molecule has 106 valence electrons. The van der Waals surface area contributed by atoms with E-state index in [1.807, 2.05) is 13.8 Å². The normalized spacial score (nSPS) is 12.2. The van der Waals surface area contributed by atoms with Crippen molar-refractivity contribution in [2.45, 2.75) is 33.4 Å².